The third-order valence-electron chi connectivity index (χ3n) is 5.49. The number of nitrogens with one attached hydrogen (secondary N) is 2. The van der Waals surface area contributed by atoms with Crippen LogP contribution in [0.3, 0.4) is 0 Å². The van der Waals surface area contributed by atoms with Crippen molar-refractivity contribution in [2.24, 2.45) is 0 Å². The van der Waals surface area contributed by atoms with Crippen molar-refractivity contribution in [3.8, 4) is 0 Å². The van der Waals surface area contributed by atoms with Gasteiger partial charge in [-0.2, -0.15) is 0 Å². The quantitative estimate of drug-likeness (QED) is 0.760. The van der Waals surface area contributed by atoms with Crippen LogP contribution in [0.15, 0.2) is 42.5 Å². The summed E-state index contributed by atoms with van der Waals surface area (Å²) in [6.07, 6.45) is 3.89. The van der Waals surface area contributed by atoms with Gasteiger partial charge in [0.05, 0.1) is 6.42 Å². The Bertz CT molecular complexity index is 954. The minimum absolute atomic E-state index is 0.0248. The van der Waals surface area contributed by atoms with Gasteiger partial charge < -0.3 is 15.5 Å². The van der Waals surface area contributed by atoms with E-state index in [1.165, 1.54) is 0 Å². The van der Waals surface area contributed by atoms with Crippen LogP contribution in [0.2, 0.25) is 0 Å². The molecule has 2 aliphatic rings. The van der Waals surface area contributed by atoms with Gasteiger partial charge in [-0.1, -0.05) is 30.3 Å². The second-order valence-electron chi connectivity index (χ2n) is 7.69. The summed E-state index contributed by atoms with van der Waals surface area (Å²) in [4.78, 5) is 37.6. The Morgan fingerprint density at radius 1 is 1.14 bits per heavy atom. The van der Waals surface area contributed by atoms with E-state index >= 15 is 0 Å². The van der Waals surface area contributed by atoms with Gasteiger partial charge in [-0.3, -0.25) is 14.4 Å². The lowest BCUT2D eigenvalue weighted by molar-refractivity contribution is -0.128. The zero-order valence-corrected chi connectivity index (χ0v) is 16.4. The molecule has 3 amide bonds. The Balaban J connectivity index is 1.30. The Hall–Kier alpha value is -3.15. The van der Waals surface area contributed by atoms with Gasteiger partial charge in [0.15, 0.2) is 0 Å². The number of amides is 3. The summed E-state index contributed by atoms with van der Waals surface area (Å²) in [6.45, 7) is 1.32. The predicted octanol–water partition coefficient (Wildman–Crippen LogP) is 3.27. The van der Waals surface area contributed by atoms with Crippen molar-refractivity contribution < 1.29 is 14.4 Å². The monoisotopic (exact) mass is 391 g/mol. The third-order valence-corrected chi connectivity index (χ3v) is 5.49. The number of rotatable bonds is 7. The molecule has 0 saturated carbocycles. The molecule has 2 aromatic carbocycles. The number of carbonyl (C=O) groups is 3. The number of hydrogen-bond acceptors (Lipinski definition) is 3. The summed E-state index contributed by atoms with van der Waals surface area (Å²) in [5.41, 5.74) is 4.80. The summed E-state index contributed by atoms with van der Waals surface area (Å²) in [6, 6.07) is 13.7. The molecule has 0 unspecified atom stereocenters. The first-order valence-corrected chi connectivity index (χ1v) is 10.2. The van der Waals surface area contributed by atoms with E-state index < -0.39 is 0 Å². The standard InChI is InChI=1S/C23H25N3O3/c27-21(8-3-5-16-10-11-20-18(13-16)14-22(28)25-20)24-19-7-2-1-6-17(19)15-26-12-4-9-23(26)29/h1-2,6-7,10-11,13H,3-5,8-9,12,14-15H2,(H,24,27)(H,25,28). The molecule has 0 spiro atoms. The normalized spacial score (nSPS) is 15.4. The number of hydrogen-bond donors (Lipinski definition) is 2. The second kappa shape index (κ2) is 8.47. The van der Waals surface area contributed by atoms with Crippen molar-refractivity contribution in [2.45, 2.75) is 45.1 Å². The summed E-state index contributed by atoms with van der Waals surface area (Å²) < 4.78 is 0. The van der Waals surface area contributed by atoms with Gasteiger partial charge in [0.25, 0.3) is 0 Å². The number of nitrogens with zero attached hydrogens (tertiary/aromatic N) is 1. The van der Waals surface area contributed by atoms with Crippen LogP contribution in [-0.2, 0) is 33.8 Å². The highest BCUT2D eigenvalue weighted by Gasteiger charge is 2.21. The van der Waals surface area contributed by atoms with Crippen LogP contribution in [-0.4, -0.2) is 29.2 Å². The SMILES string of the molecule is O=C1Cc2cc(CCCC(=O)Nc3ccccc3CN3CCCC3=O)ccc2N1. The Morgan fingerprint density at radius 3 is 2.83 bits per heavy atom. The van der Waals surface area contributed by atoms with E-state index in [2.05, 4.69) is 10.6 Å². The first kappa shape index (κ1) is 19.2. The maximum atomic E-state index is 12.4. The number of aryl methyl sites for hydroxylation is 1. The Labute approximate surface area is 170 Å². The third kappa shape index (κ3) is 4.65. The van der Waals surface area contributed by atoms with Crippen LogP contribution in [0.5, 0.6) is 0 Å². The molecule has 29 heavy (non-hydrogen) atoms. The fourth-order valence-corrected chi connectivity index (χ4v) is 3.96. The second-order valence-corrected chi connectivity index (χ2v) is 7.69. The van der Waals surface area contributed by atoms with Crippen LogP contribution in [0.4, 0.5) is 11.4 Å². The molecule has 0 radical (unpaired) electrons. The molecule has 0 atom stereocenters. The van der Waals surface area contributed by atoms with Crippen LogP contribution in [0.25, 0.3) is 0 Å². The fraction of sp³-hybridized carbons (Fsp3) is 0.348. The van der Waals surface area contributed by atoms with E-state index in [-0.39, 0.29) is 17.7 Å². The molecule has 0 aromatic heterocycles. The number of benzene rings is 2. The largest absolute Gasteiger partial charge is 0.338 e. The van der Waals surface area contributed by atoms with Crippen molar-refractivity contribution >= 4 is 29.1 Å². The smallest absolute Gasteiger partial charge is 0.228 e. The summed E-state index contributed by atoms with van der Waals surface area (Å²) in [7, 11) is 0. The van der Waals surface area contributed by atoms with E-state index in [9.17, 15) is 14.4 Å². The summed E-state index contributed by atoms with van der Waals surface area (Å²) >= 11 is 0. The average molecular weight is 391 g/mol. The Morgan fingerprint density at radius 2 is 2.00 bits per heavy atom. The first-order valence-electron chi connectivity index (χ1n) is 10.2. The Kier molecular flexibility index (Phi) is 5.60. The van der Waals surface area contributed by atoms with Gasteiger partial charge in [-0.25, -0.2) is 0 Å². The van der Waals surface area contributed by atoms with Crippen molar-refractivity contribution in [1.29, 1.82) is 0 Å². The lowest BCUT2D eigenvalue weighted by Crippen LogP contribution is -2.24. The molecule has 2 heterocycles. The van der Waals surface area contributed by atoms with Gasteiger partial charge in [-0.05, 0) is 48.1 Å². The molecule has 1 saturated heterocycles. The fourth-order valence-electron chi connectivity index (χ4n) is 3.96. The van der Waals surface area contributed by atoms with Crippen molar-refractivity contribution in [3.63, 3.8) is 0 Å². The zero-order valence-electron chi connectivity index (χ0n) is 16.4. The molecule has 6 heteroatoms. The minimum Gasteiger partial charge on any atom is -0.338 e. The van der Waals surface area contributed by atoms with E-state index in [1.54, 1.807) is 0 Å². The zero-order chi connectivity index (χ0) is 20.2. The molecule has 2 N–H and O–H groups in total. The first-order chi connectivity index (χ1) is 14.1. The highest BCUT2D eigenvalue weighted by atomic mass is 16.2. The predicted molar refractivity (Wildman–Crippen MR) is 111 cm³/mol. The molecular weight excluding hydrogens is 366 g/mol. The molecule has 2 aromatic rings. The minimum atomic E-state index is -0.0248. The molecular formula is C23H25N3O3. The topological polar surface area (TPSA) is 78.5 Å². The number of anilines is 2. The van der Waals surface area contributed by atoms with Crippen molar-refractivity contribution in [2.75, 3.05) is 17.2 Å². The van der Waals surface area contributed by atoms with Gasteiger partial charge >= 0.3 is 0 Å². The van der Waals surface area contributed by atoms with Crippen molar-refractivity contribution in [1.82, 2.24) is 4.90 Å². The van der Waals surface area contributed by atoms with Crippen LogP contribution >= 0.6 is 0 Å². The maximum Gasteiger partial charge on any atom is 0.228 e. The molecule has 6 nitrogen and oxygen atoms in total. The molecule has 0 aliphatic carbocycles. The number of likely N-dealkylation sites (tertiary alicyclic amines) is 1. The molecule has 4 rings (SSSR count). The highest BCUT2D eigenvalue weighted by molar-refractivity contribution is 5.99. The van der Waals surface area contributed by atoms with Crippen LogP contribution < -0.4 is 10.6 Å². The van der Waals surface area contributed by atoms with E-state index in [0.717, 1.165) is 53.9 Å². The van der Waals surface area contributed by atoms with Crippen molar-refractivity contribution in [3.05, 3.63) is 59.2 Å². The van der Waals surface area contributed by atoms with Gasteiger partial charge in [0.1, 0.15) is 0 Å². The number of fused-ring (bicyclic) bond motifs is 1. The highest BCUT2D eigenvalue weighted by Crippen LogP contribution is 2.25. The molecule has 1 fully saturated rings. The molecule has 2 aliphatic heterocycles. The van der Waals surface area contributed by atoms with Gasteiger partial charge in [0, 0.05) is 37.3 Å². The lowest BCUT2D eigenvalue weighted by Gasteiger charge is -2.18. The average Bonchev–Trinajstić information content (AvgIpc) is 3.27. The van der Waals surface area contributed by atoms with E-state index in [0.29, 0.717) is 25.8 Å². The van der Waals surface area contributed by atoms with Gasteiger partial charge in [0.2, 0.25) is 17.7 Å². The lowest BCUT2D eigenvalue weighted by atomic mass is 10.0. The van der Waals surface area contributed by atoms with Crippen LogP contribution in [0.1, 0.15) is 42.4 Å². The van der Waals surface area contributed by atoms with E-state index in [4.69, 9.17) is 0 Å². The summed E-state index contributed by atoms with van der Waals surface area (Å²) in [5.74, 6) is 0.186. The van der Waals surface area contributed by atoms with Crippen LogP contribution in [0, 0.1) is 0 Å². The number of carbonyl (C=O) groups excluding carboxylic acids is 3. The maximum absolute atomic E-state index is 12.4. The summed E-state index contributed by atoms with van der Waals surface area (Å²) in [5, 5.41) is 5.83. The van der Waals surface area contributed by atoms with E-state index in [1.807, 2.05) is 47.4 Å². The molecule has 0 bridgehead atoms. The molecule has 150 valence electrons. The number of para-hydroxylation sites is 1. The van der Waals surface area contributed by atoms with Gasteiger partial charge in [-0.15, -0.1) is 0 Å².